The minimum Gasteiger partial charge on any atom is -0.356 e. The molecule has 1 saturated carbocycles. The number of carbonyl (C=O) groups is 1. The number of hydrogen-bond donors (Lipinski definition) is 2. The third-order valence-electron chi connectivity index (χ3n) is 3.40. The van der Waals surface area contributed by atoms with Crippen molar-refractivity contribution < 1.29 is 4.79 Å². The first-order chi connectivity index (χ1) is 8.24. The van der Waals surface area contributed by atoms with Crippen LogP contribution in [0.3, 0.4) is 0 Å². The van der Waals surface area contributed by atoms with Crippen LogP contribution in [0.25, 0.3) is 0 Å². The van der Waals surface area contributed by atoms with E-state index < -0.39 is 0 Å². The summed E-state index contributed by atoms with van der Waals surface area (Å²) in [5.74, 6) is 0.787. The highest BCUT2D eigenvalue weighted by atomic mass is 16.2. The lowest BCUT2D eigenvalue weighted by Crippen LogP contribution is -2.27. The van der Waals surface area contributed by atoms with Crippen molar-refractivity contribution in [1.29, 1.82) is 0 Å². The molecule has 3 N–H and O–H groups in total. The van der Waals surface area contributed by atoms with E-state index in [2.05, 4.69) is 24.4 Å². The minimum absolute atomic E-state index is 0.175. The monoisotopic (exact) mass is 232 g/mol. The Hall–Kier alpha value is -1.35. The zero-order valence-electron chi connectivity index (χ0n) is 10.3. The van der Waals surface area contributed by atoms with Crippen LogP contribution in [0, 0.1) is 12.8 Å². The second-order valence-corrected chi connectivity index (χ2v) is 4.74. The molecular weight excluding hydrogens is 212 g/mol. The number of nitrogens with two attached hydrogens (primary N) is 1. The Balaban J connectivity index is 1.88. The van der Waals surface area contributed by atoms with Gasteiger partial charge in [-0.2, -0.15) is 0 Å². The standard InChI is InChI=1S/C14H20N2O/c1-10-5-2-3-6-11(10)12-9-13(12)14(17)16-8-4-7-15/h2-3,5-6,12-13H,4,7-9,15H2,1H3,(H,16,17). The fourth-order valence-corrected chi connectivity index (χ4v) is 2.28. The molecule has 1 aliphatic carbocycles. The van der Waals surface area contributed by atoms with Crippen LogP contribution in [0.15, 0.2) is 24.3 Å². The zero-order chi connectivity index (χ0) is 12.3. The fourth-order valence-electron chi connectivity index (χ4n) is 2.28. The van der Waals surface area contributed by atoms with Gasteiger partial charge in [0.05, 0.1) is 0 Å². The van der Waals surface area contributed by atoms with E-state index in [0.717, 1.165) is 12.8 Å². The van der Waals surface area contributed by atoms with E-state index in [0.29, 0.717) is 19.0 Å². The van der Waals surface area contributed by atoms with Gasteiger partial charge in [0.15, 0.2) is 0 Å². The molecule has 2 atom stereocenters. The topological polar surface area (TPSA) is 55.1 Å². The summed E-state index contributed by atoms with van der Waals surface area (Å²) in [6.07, 6.45) is 1.84. The molecule has 1 aliphatic rings. The first-order valence-electron chi connectivity index (χ1n) is 6.27. The fraction of sp³-hybridized carbons (Fsp3) is 0.500. The number of nitrogens with one attached hydrogen (secondary N) is 1. The molecule has 92 valence electrons. The molecule has 1 aromatic rings. The predicted molar refractivity (Wildman–Crippen MR) is 68.7 cm³/mol. The summed E-state index contributed by atoms with van der Waals surface area (Å²) in [5, 5.41) is 2.95. The largest absolute Gasteiger partial charge is 0.356 e. The highest BCUT2D eigenvalue weighted by Gasteiger charge is 2.44. The molecule has 2 rings (SSSR count). The van der Waals surface area contributed by atoms with Gasteiger partial charge in [-0.05, 0) is 43.4 Å². The van der Waals surface area contributed by atoms with E-state index in [9.17, 15) is 4.79 Å². The molecule has 0 saturated heterocycles. The van der Waals surface area contributed by atoms with Crippen LogP contribution < -0.4 is 11.1 Å². The maximum atomic E-state index is 11.8. The first kappa shape index (κ1) is 12.1. The predicted octanol–water partition coefficient (Wildman–Crippen LogP) is 1.56. The molecule has 2 unspecified atom stereocenters. The molecule has 1 fully saturated rings. The number of benzene rings is 1. The van der Waals surface area contributed by atoms with Crippen LogP contribution in [0.1, 0.15) is 29.9 Å². The Kier molecular flexibility index (Phi) is 3.79. The van der Waals surface area contributed by atoms with Gasteiger partial charge in [0, 0.05) is 12.5 Å². The number of hydrogen-bond acceptors (Lipinski definition) is 2. The van der Waals surface area contributed by atoms with Crippen molar-refractivity contribution in [3.63, 3.8) is 0 Å². The lowest BCUT2D eigenvalue weighted by molar-refractivity contribution is -0.122. The van der Waals surface area contributed by atoms with Crippen LogP contribution in [0.4, 0.5) is 0 Å². The number of amides is 1. The molecule has 0 heterocycles. The van der Waals surface area contributed by atoms with Gasteiger partial charge in [-0.25, -0.2) is 0 Å². The smallest absolute Gasteiger partial charge is 0.223 e. The Morgan fingerprint density at radius 1 is 1.47 bits per heavy atom. The van der Waals surface area contributed by atoms with Crippen LogP contribution in [0.5, 0.6) is 0 Å². The van der Waals surface area contributed by atoms with Crippen molar-refractivity contribution >= 4 is 5.91 Å². The second kappa shape index (κ2) is 5.32. The maximum absolute atomic E-state index is 11.8. The molecule has 3 nitrogen and oxygen atoms in total. The maximum Gasteiger partial charge on any atom is 0.223 e. The van der Waals surface area contributed by atoms with Crippen molar-refractivity contribution in [3.05, 3.63) is 35.4 Å². The van der Waals surface area contributed by atoms with Crippen LogP contribution in [-0.4, -0.2) is 19.0 Å². The van der Waals surface area contributed by atoms with Crippen LogP contribution >= 0.6 is 0 Å². The van der Waals surface area contributed by atoms with Crippen molar-refractivity contribution in [2.24, 2.45) is 11.7 Å². The summed E-state index contributed by atoms with van der Waals surface area (Å²) in [5.41, 5.74) is 8.01. The van der Waals surface area contributed by atoms with E-state index >= 15 is 0 Å². The van der Waals surface area contributed by atoms with Crippen molar-refractivity contribution in [3.8, 4) is 0 Å². The van der Waals surface area contributed by atoms with Gasteiger partial charge in [-0.3, -0.25) is 4.79 Å². The van der Waals surface area contributed by atoms with Crippen LogP contribution in [-0.2, 0) is 4.79 Å². The SMILES string of the molecule is Cc1ccccc1C1CC1C(=O)NCCCN. The van der Waals surface area contributed by atoms with Gasteiger partial charge in [0.25, 0.3) is 0 Å². The van der Waals surface area contributed by atoms with E-state index in [4.69, 9.17) is 5.73 Å². The molecular formula is C14H20N2O. The molecule has 3 heteroatoms. The molecule has 1 aromatic carbocycles. The van der Waals surface area contributed by atoms with Gasteiger partial charge < -0.3 is 11.1 Å². The Morgan fingerprint density at radius 3 is 2.94 bits per heavy atom. The highest BCUT2D eigenvalue weighted by molar-refractivity contribution is 5.82. The minimum atomic E-state index is 0.175. The van der Waals surface area contributed by atoms with Gasteiger partial charge in [0.2, 0.25) is 5.91 Å². The molecule has 17 heavy (non-hydrogen) atoms. The van der Waals surface area contributed by atoms with Crippen molar-refractivity contribution in [2.45, 2.75) is 25.7 Å². The summed E-state index contributed by atoms with van der Waals surface area (Å²) in [7, 11) is 0. The number of aryl methyl sites for hydroxylation is 1. The third kappa shape index (κ3) is 2.86. The van der Waals surface area contributed by atoms with E-state index in [1.54, 1.807) is 0 Å². The number of carbonyl (C=O) groups excluding carboxylic acids is 1. The average Bonchev–Trinajstić information content (AvgIpc) is 3.10. The normalized spacial score (nSPS) is 22.2. The molecule has 1 amide bonds. The molecule has 0 bridgehead atoms. The molecule has 0 aliphatic heterocycles. The Bertz CT molecular complexity index is 403. The summed E-state index contributed by atoms with van der Waals surface area (Å²) in [4.78, 5) is 11.8. The summed E-state index contributed by atoms with van der Waals surface area (Å²) in [6.45, 7) is 3.44. The molecule has 0 spiro atoms. The van der Waals surface area contributed by atoms with E-state index in [1.807, 2.05) is 12.1 Å². The summed E-state index contributed by atoms with van der Waals surface area (Å²) in [6, 6.07) is 8.33. The molecule has 0 aromatic heterocycles. The average molecular weight is 232 g/mol. The number of rotatable bonds is 5. The van der Waals surface area contributed by atoms with Gasteiger partial charge in [0.1, 0.15) is 0 Å². The molecule has 0 radical (unpaired) electrons. The van der Waals surface area contributed by atoms with Crippen molar-refractivity contribution in [1.82, 2.24) is 5.32 Å². The lowest BCUT2D eigenvalue weighted by Gasteiger charge is -2.05. The summed E-state index contributed by atoms with van der Waals surface area (Å²) < 4.78 is 0. The van der Waals surface area contributed by atoms with Crippen LogP contribution in [0.2, 0.25) is 0 Å². The Labute approximate surface area is 102 Å². The second-order valence-electron chi connectivity index (χ2n) is 4.74. The van der Waals surface area contributed by atoms with Gasteiger partial charge >= 0.3 is 0 Å². The first-order valence-corrected chi connectivity index (χ1v) is 6.27. The van der Waals surface area contributed by atoms with Crippen molar-refractivity contribution in [2.75, 3.05) is 13.1 Å². The van der Waals surface area contributed by atoms with E-state index in [1.165, 1.54) is 11.1 Å². The lowest BCUT2D eigenvalue weighted by atomic mass is 10.0. The highest BCUT2D eigenvalue weighted by Crippen LogP contribution is 2.48. The zero-order valence-corrected chi connectivity index (χ0v) is 10.3. The van der Waals surface area contributed by atoms with E-state index in [-0.39, 0.29) is 11.8 Å². The third-order valence-corrected chi connectivity index (χ3v) is 3.40. The van der Waals surface area contributed by atoms with Gasteiger partial charge in [-0.15, -0.1) is 0 Å². The summed E-state index contributed by atoms with van der Waals surface area (Å²) >= 11 is 0. The van der Waals surface area contributed by atoms with Gasteiger partial charge in [-0.1, -0.05) is 24.3 Å². The quantitative estimate of drug-likeness (QED) is 0.757. The Morgan fingerprint density at radius 2 is 2.24 bits per heavy atom.